The number of aliphatic hydroxyl groups is 1. The van der Waals surface area contributed by atoms with Gasteiger partial charge >= 0.3 is 0 Å². The van der Waals surface area contributed by atoms with Crippen LogP contribution in [0.25, 0.3) is 5.76 Å². The third-order valence-electron chi connectivity index (χ3n) is 5.45. The van der Waals surface area contributed by atoms with E-state index in [9.17, 15) is 29.6 Å². The van der Waals surface area contributed by atoms with Crippen LogP contribution in [0, 0.1) is 10.1 Å². The number of nitrogens with zero attached hydrogens (tertiary/aromatic N) is 2. The predicted molar refractivity (Wildman–Crippen MR) is 130 cm³/mol. The Labute approximate surface area is 204 Å². The highest BCUT2D eigenvalue weighted by Gasteiger charge is 2.47. The standard InChI is InChI=1S/C25H18ClN3O6/c1-14(30)27-18-8-12-19(13-9-18)28-22(15-4-10-20(11-5-15)29(34)35)21(24(32)25(28)33)23(31)16-2-6-17(26)7-3-16/h2-13,22,31H,1H3,(H,27,30)/t22-/m0/s1. The van der Waals surface area contributed by atoms with Crippen molar-refractivity contribution in [1.82, 2.24) is 0 Å². The number of halogens is 1. The van der Waals surface area contributed by atoms with Gasteiger partial charge in [0.2, 0.25) is 5.91 Å². The molecule has 1 fully saturated rings. The molecule has 4 rings (SSSR count). The first-order chi connectivity index (χ1) is 16.7. The number of rotatable bonds is 5. The van der Waals surface area contributed by atoms with Gasteiger partial charge < -0.3 is 10.4 Å². The van der Waals surface area contributed by atoms with Crippen molar-refractivity contribution in [3.8, 4) is 0 Å². The molecule has 1 aliphatic rings. The van der Waals surface area contributed by atoms with Gasteiger partial charge in [-0.15, -0.1) is 0 Å². The van der Waals surface area contributed by atoms with Crippen LogP contribution in [0.1, 0.15) is 24.1 Å². The fraction of sp³-hybridized carbons (Fsp3) is 0.0800. The van der Waals surface area contributed by atoms with Crippen molar-refractivity contribution in [2.45, 2.75) is 13.0 Å². The Hall–Kier alpha value is -4.50. The molecule has 1 heterocycles. The van der Waals surface area contributed by atoms with Crippen molar-refractivity contribution < 1.29 is 24.4 Å². The number of hydrogen-bond donors (Lipinski definition) is 2. The molecule has 9 nitrogen and oxygen atoms in total. The Morgan fingerprint density at radius 2 is 1.60 bits per heavy atom. The maximum Gasteiger partial charge on any atom is 0.300 e. The summed E-state index contributed by atoms with van der Waals surface area (Å²) < 4.78 is 0. The third-order valence-corrected chi connectivity index (χ3v) is 5.70. The summed E-state index contributed by atoms with van der Waals surface area (Å²) in [7, 11) is 0. The normalized spacial score (nSPS) is 16.9. The topological polar surface area (TPSA) is 130 Å². The molecule has 3 aromatic rings. The molecule has 0 saturated carbocycles. The van der Waals surface area contributed by atoms with Gasteiger partial charge in [-0.05, 0) is 66.2 Å². The molecule has 2 amide bonds. The highest BCUT2D eigenvalue weighted by Crippen LogP contribution is 2.42. The summed E-state index contributed by atoms with van der Waals surface area (Å²) in [6, 6.07) is 16.7. The number of aliphatic hydroxyl groups excluding tert-OH is 1. The Morgan fingerprint density at radius 1 is 1.00 bits per heavy atom. The van der Waals surface area contributed by atoms with E-state index in [1.807, 2.05) is 0 Å². The molecule has 1 atom stereocenters. The largest absolute Gasteiger partial charge is 0.507 e. The van der Waals surface area contributed by atoms with Crippen LogP contribution in [0.3, 0.4) is 0 Å². The average molecular weight is 492 g/mol. The van der Waals surface area contributed by atoms with E-state index in [0.717, 1.165) is 0 Å². The van der Waals surface area contributed by atoms with Crippen LogP contribution in [-0.2, 0) is 14.4 Å². The Morgan fingerprint density at radius 3 is 2.14 bits per heavy atom. The summed E-state index contributed by atoms with van der Waals surface area (Å²) in [4.78, 5) is 49.4. The van der Waals surface area contributed by atoms with Gasteiger partial charge in [-0.3, -0.25) is 29.4 Å². The van der Waals surface area contributed by atoms with E-state index in [4.69, 9.17) is 11.6 Å². The van der Waals surface area contributed by atoms with Gasteiger partial charge in [0.05, 0.1) is 16.5 Å². The molecule has 3 aromatic carbocycles. The first kappa shape index (κ1) is 23.7. The van der Waals surface area contributed by atoms with E-state index in [-0.39, 0.29) is 22.7 Å². The van der Waals surface area contributed by atoms with Gasteiger partial charge in [0.25, 0.3) is 17.4 Å². The first-order valence-corrected chi connectivity index (χ1v) is 10.7. The molecule has 1 saturated heterocycles. The molecule has 35 heavy (non-hydrogen) atoms. The number of benzene rings is 3. The molecule has 0 unspecified atom stereocenters. The number of non-ortho nitro benzene ring substituents is 1. The second-order valence-electron chi connectivity index (χ2n) is 7.75. The van der Waals surface area contributed by atoms with E-state index in [1.165, 1.54) is 60.4 Å². The van der Waals surface area contributed by atoms with Gasteiger partial charge in [-0.1, -0.05) is 11.6 Å². The molecule has 0 aromatic heterocycles. The monoisotopic (exact) mass is 491 g/mol. The van der Waals surface area contributed by atoms with E-state index in [1.54, 1.807) is 24.3 Å². The van der Waals surface area contributed by atoms with Gasteiger partial charge in [-0.2, -0.15) is 0 Å². The van der Waals surface area contributed by atoms with Crippen molar-refractivity contribution in [1.29, 1.82) is 0 Å². The fourth-order valence-corrected chi connectivity index (χ4v) is 3.99. The van der Waals surface area contributed by atoms with Crippen molar-refractivity contribution >= 4 is 52.0 Å². The Balaban J connectivity index is 1.87. The highest BCUT2D eigenvalue weighted by molar-refractivity contribution is 6.51. The number of nitrogens with one attached hydrogen (secondary N) is 1. The predicted octanol–water partition coefficient (Wildman–Crippen LogP) is 4.83. The summed E-state index contributed by atoms with van der Waals surface area (Å²) in [5.41, 5.74) is 1.15. The molecule has 0 bridgehead atoms. The first-order valence-electron chi connectivity index (χ1n) is 10.4. The van der Waals surface area contributed by atoms with Crippen molar-refractivity contribution in [2.75, 3.05) is 10.2 Å². The molecular weight excluding hydrogens is 474 g/mol. The average Bonchev–Trinajstić information content (AvgIpc) is 3.10. The van der Waals surface area contributed by atoms with Crippen molar-refractivity contribution in [2.24, 2.45) is 0 Å². The van der Waals surface area contributed by atoms with Crippen LogP contribution >= 0.6 is 11.6 Å². The second-order valence-corrected chi connectivity index (χ2v) is 8.19. The molecule has 1 aliphatic heterocycles. The third kappa shape index (κ3) is 4.62. The summed E-state index contributed by atoms with van der Waals surface area (Å²) in [5, 5.41) is 25.2. The molecule has 176 valence electrons. The molecule has 0 aliphatic carbocycles. The maximum atomic E-state index is 13.2. The number of carbonyl (C=O) groups excluding carboxylic acids is 3. The number of hydrogen-bond acceptors (Lipinski definition) is 6. The fourth-order valence-electron chi connectivity index (χ4n) is 3.86. The lowest BCUT2D eigenvalue weighted by Crippen LogP contribution is -2.29. The van der Waals surface area contributed by atoms with Crippen LogP contribution < -0.4 is 10.2 Å². The lowest BCUT2D eigenvalue weighted by atomic mass is 9.95. The quantitative estimate of drug-likeness (QED) is 0.173. The van der Waals surface area contributed by atoms with Crippen LogP contribution in [0.15, 0.2) is 78.4 Å². The van der Waals surface area contributed by atoms with Crippen LogP contribution in [-0.4, -0.2) is 27.6 Å². The summed E-state index contributed by atoms with van der Waals surface area (Å²) in [5.74, 6) is -2.46. The minimum atomic E-state index is -1.06. The zero-order valence-corrected chi connectivity index (χ0v) is 19.0. The van der Waals surface area contributed by atoms with E-state index < -0.39 is 28.4 Å². The summed E-state index contributed by atoms with van der Waals surface area (Å²) >= 11 is 5.93. The second kappa shape index (κ2) is 9.40. The maximum absolute atomic E-state index is 13.2. The van der Waals surface area contributed by atoms with Crippen LogP contribution in [0.4, 0.5) is 17.1 Å². The highest BCUT2D eigenvalue weighted by atomic mass is 35.5. The van der Waals surface area contributed by atoms with E-state index in [0.29, 0.717) is 22.0 Å². The molecule has 0 radical (unpaired) electrons. The number of ketones is 1. The van der Waals surface area contributed by atoms with E-state index in [2.05, 4.69) is 5.32 Å². The van der Waals surface area contributed by atoms with Crippen LogP contribution in [0.2, 0.25) is 5.02 Å². The lowest BCUT2D eigenvalue weighted by molar-refractivity contribution is -0.384. The van der Waals surface area contributed by atoms with Gasteiger partial charge in [0.1, 0.15) is 5.76 Å². The SMILES string of the molecule is CC(=O)Nc1ccc(N2C(=O)C(=O)C(=C(O)c3ccc(Cl)cc3)[C@@H]2c2ccc([N+](=O)[O-])cc2)cc1. The number of anilines is 2. The summed E-state index contributed by atoms with van der Waals surface area (Å²) in [6.45, 7) is 1.36. The number of nitro groups is 1. The van der Waals surface area contributed by atoms with Crippen molar-refractivity contribution in [3.63, 3.8) is 0 Å². The molecular formula is C25H18ClN3O6. The number of amides is 2. The van der Waals surface area contributed by atoms with E-state index >= 15 is 0 Å². The van der Waals surface area contributed by atoms with Gasteiger partial charge in [0.15, 0.2) is 0 Å². The zero-order chi connectivity index (χ0) is 25.3. The summed E-state index contributed by atoms with van der Waals surface area (Å²) in [6.07, 6.45) is 0. The minimum Gasteiger partial charge on any atom is -0.507 e. The minimum absolute atomic E-state index is 0.164. The van der Waals surface area contributed by atoms with Gasteiger partial charge in [0, 0.05) is 41.0 Å². The smallest absolute Gasteiger partial charge is 0.300 e. The lowest BCUT2D eigenvalue weighted by Gasteiger charge is -2.25. The Bertz CT molecular complexity index is 1370. The van der Waals surface area contributed by atoms with Crippen LogP contribution in [0.5, 0.6) is 0 Å². The number of nitro benzene ring substituents is 1. The Kier molecular flexibility index (Phi) is 6.35. The van der Waals surface area contributed by atoms with Crippen molar-refractivity contribution in [3.05, 3.63) is 105 Å². The molecule has 0 spiro atoms. The zero-order valence-electron chi connectivity index (χ0n) is 18.3. The van der Waals surface area contributed by atoms with Gasteiger partial charge in [-0.25, -0.2) is 0 Å². The number of carbonyl (C=O) groups is 3. The molecule has 2 N–H and O–H groups in total. The molecule has 10 heteroatoms. The number of Topliss-reactive ketones (excluding diaryl/α,β-unsaturated/α-hetero) is 1.